The summed E-state index contributed by atoms with van der Waals surface area (Å²) >= 11 is 0. The van der Waals surface area contributed by atoms with E-state index in [2.05, 4.69) is 21.7 Å². The molecular formula is C14H21N3O. The first kappa shape index (κ1) is 13.0. The minimum absolute atomic E-state index is 0.108. The fourth-order valence-corrected chi connectivity index (χ4v) is 2.37. The van der Waals surface area contributed by atoms with E-state index < -0.39 is 0 Å². The molecule has 98 valence electrons. The van der Waals surface area contributed by atoms with Gasteiger partial charge in [0.1, 0.15) is 0 Å². The Morgan fingerprint density at radius 2 is 2.39 bits per heavy atom. The number of nitrogens with one attached hydrogen (secondary N) is 2. The van der Waals surface area contributed by atoms with E-state index in [-0.39, 0.29) is 11.9 Å². The van der Waals surface area contributed by atoms with Gasteiger partial charge in [0.2, 0.25) is 5.91 Å². The smallest absolute Gasteiger partial charge is 0.221 e. The molecule has 1 atom stereocenters. The van der Waals surface area contributed by atoms with Gasteiger partial charge >= 0.3 is 0 Å². The minimum atomic E-state index is 0.108. The molecule has 1 aromatic heterocycles. The van der Waals surface area contributed by atoms with Crippen molar-refractivity contribution in [2.75, 3.05) is 6.54 Å². The number of carbonyl (C=O) groups is 1. The minimum Gasteiger partial charge on any atom is -0.354 e. The molecule has 18 heavy (non-hydrogen) atoms. The Morgan fingerprint density at radius 3 is 3.17 bits per heavy atom. The van der Waals surface area contributed by atoms with E-state index in [1.165, 1.54) is 5.56 Å². The second-order valence-corrected chi connectivity index (χ2v) is 5.07. The molecule has 1 amide bonds. The van der Waals surface area contributed by atoms with Crippen LogP contribution in [0.1, 0.15) is 44.0 Å². The van der Waals surface area contributed by atoms with Gasteiger partial charge in [0.05, 0.1) is 11.7 Å². The number of hydrogen-bond donors (Lipinski definition) is 2. The Bertz CT molecular complexity index is 417. The van der Waals surface area contributed by atoms with Crippen LogP contribution < -0.4 is 10.6 Å². The van der Waals surface area contributed by atoms with Crippen molar-refractivity contribution in [1.82, 2.24) is 15.6 Å². The van der Waals surface area contributed by atoms with Crippen LogP contribution in [0.4, 0.5) is 0 Å². The summed E-state index contributed by atoms with van der Waals surface area (Å²) in [6, 6.07) is 4.65. The van der Waals surface area contributed by atoms with Gasteiger partial charge in [0, 0.05) is 25.2 Å². The van der Waals surface area contributed by atoms with Crippen molar-refractivity contribution >= 4 is 5.91 Å². The lowest BCUT2D eigenvalue weighted by Crippen LogP contribution is -2.33. The van der Waals surface area contributed by atoms with Crippen molar-refractivity contribution in [2.24, 2.45) is 0 Å². The molecule has 1 aromatic rings. The molecule has 1 aliphatic rings. The van der Waals surface area contributed by atoms with Crippen molar-refractivity contribution in [3.8, 4) is 0 Å². The molecule has 0 bridgehead atoms. The summed E-state index contributed by atoms with van der Waals surface area (Å²) in [6.45, 7) is 4.66. The molecule has 0 aliphatic heterocycles. The Balaban J connectivity index is 1.77. The molecule has 2 N–H and O–H groups in total. The van der Waals surface area contributed by atoms with E-state index in [1.54, 1.807) is 0 Å². The summed E-state index contributed by atoms with van der Waals surface area (Å²) in [6.07, 6.45) is 4.53. The highest BCUT2D eigenvalue weighted by atomic mass is 16.1. The zero-order valence-corrected chi connectivity index (χ0v) is 11.1. The molecule has 0 fully saturated rings. The van der Waals surface area contributed by atoms with Crippen LogP contribution in [0.2, 0.25) is 0 Å². The van der Waals surface area contributed by atoms with Crippen molar-refractivity contribution in [3.05, 3.63) is 29.6 Å². The molecule has 1 unspecified atom stereocenters. The van der Waals surface area contributed by atoms with Gasteiger partial charge in [-0.1, -0.05) is 6.07 Å². The Labute approximate surface area is 108 Å². The summed E-state index contributed by atoms with van der Waals surface area (Å²) in [5.74, 6) is 0.108. The Morgan fingerprint density at radius 1 is 1.56 bits per heavy atom. The van der Waals surface area contributed by atoms with E-state index in [9.17, 15) is 4.79 Å². The zero-order valence-electron chi connectivity index (χ0n) is 11.1. The highest BCUT2D eigenvalue weighted by molar-refractivity contribution is 5.76. The van der Waals surface area contributed by atoms with Gasteiger partial charge in [0.15, 0.2) is 0 Å². The number of pyridine rings is 1. The highest BCUT2D eigenvalue weighted by Crippen LogP contribution is 2.28. The zero-order chi connectivity index (χ0) is 13.0. The molecule has 0 saturated heterocycles. The molecule has 0 radical (unpaired) electrons. The maximum atomic E-state index is 11.5. The van der Waals surface area contributed by atoms with Crippen molar-refractivity contribution in [2.45, 2.75) is 45.2 Å². The second-order valence-electron chi connectivity index (χ2n) is 5.07. The molecule has 4 nitrogen and oxygen atoms in total. The summed E-state index contributed by atoms with van der Waals surface area (Å²) in [4.78, 5) is 15.9. The highest BCUT2D eigenvalue weighted by Gasteiger charge is 2.22. The second kappa shape index (κ2) is 5.96. The quantitative estimate of drug-likeness (QED) is 0.830. The molecule has 0 saturated carbocycles. The number of nitrogens with zero attached hydrogens (tertiary/aromatic N) is 1. The van der Waals surface area contributed by atoms with E-state index in [4.69, 9.17) is 0 Å². The summed E-state index contributed by atoms with van der Waals surface area (Å²) in [7, 11) is 0. The lowest BCUT2D eigenvalue weighted by molar-refractivity contribution is -0.121. The van der Waals surface area contributed by atoms with Gasteiger partial charge in [0.25, 0.3) is 0 Å². The Kier molecular flexibility index (Phi) is 4.31. The third-order valence-electron chi connectivity index (χ3n) is 3.15. The van der Waals surface area contributed by atoms with Crippen LogP contribution in [0.25, 0.3) is 0 Å². The number of hydrogen-bond acceptors (Lipinski definition) is 3. The van der Waals surface area contributed by atoms with Gasteiger partial charge in [-0.2, -0.15) is 0 Å². The maximum absolute atomic E-state index is 11.5. The number of carbonyl (C=O) groups excluding carboxylic acids is 1. The largest absolute Gasteiger partial charge is 0.354 e. The van der Waals surface area contributed by atoms with Crippen LogP contribution >= 0.6 is 0 Å². The number of aryl methyl sites for hydroxylation is 1. The first-order valence-corrected chi connectivity index (χ1v) is 6.63. The molecular weight excluding hydrogens is 226 g/mol. The van der Waals surface area contributed by atoms with Gasteiger partial charge in [-0.3, -0.25) is 9.78 Å². The van der Waals surface area contributed by atoms with Crippen LogP contribution in [0, 0.1) is 0 Å². The molecule has 1 heterocycles. The first-order valence-electron chi connectivity index (χ1n) is 6.63. The van der Waals surface area contributed by atoms with Crippen molar-refractivity contribution in [1.29, 1.82) is 0 Å². The third kappa shape index (κ3) is 3.29. The predicted molar refractivity (Wildman–Crippen MR) is 71.2 cm³/mol. The molecule has 1 aliphatic carbocycles. The Hall–Kier alpha value is -1.42. The average molecular weight is 247 g/mol. The summed E-state index contributed by atoms with van der Waals surface area (Å²) in [5, 5.41) is 6.31. The SMILES string of the molecule is CC(C)NC(=O)CCNC1CCc2cccnc21. The normalized spacial score (nSPS) is 17.8. The monoisotopic (exact) mass is 247 g/mol. The molecule has 0 aromatic carbocycles. The standard InChI is InChI=1S/C14H21N3O/c1-10(2)17-13(18)7-9-15-12-6-5-11-4-3-8-16-14(11)12/h3-4,8,10,12,15H,5-7,9H2,1-2H3,(H,17,18). The van der Waals surface area contributed by atoms with Crippen molar-refractivity contribution < 1.29 is 4.79 Å². The molecule has 4 heteroatoms. The van der Waals surface area contributed by atoms with Crippen molar-refractivity contribution in [3.63, 3.8) is 0 Å². The van der Waals surface area contributed by atoms with Crippen LogP contribution in [-0.2, 0) is 11.2 Å². The van der Waals surface area contributed by atoms with Crippen LogP contribution in [-0.4, -0.2) is 23.5 Å². The number of rotatable bonds is 5. The molecule has 0 spiro atoms. The fourth-order valence-electron chi connectivity index (χ4n) is 2.37. The lowest BCUT2D eigenvalue weighted by Gasteiger charge is -2.13. The predicted octanol–water partition coefficient (Wildman–Crippen LogP) is 1.57. The van der Waals surface area contributed by atoms with Crippen LogP contribution in [0.3, 0.4) is 0 Å². The van der Waals surface area contributed by atoms with E-state index in [0.29, 0.717) is 19.0 Å². The van der Waals surface area contributed by atoms with Gasteiger partial charge in [-0.25, -0.2) is 0 Å². The van der Waals surface area contributed by atoms with Crippen LogP contribution in [0.15, 0.2) is 18.3 Å². The first-order chi connectivity index (χ1) is 8.66. The van der Waals surface area contributed by atoms with E-state index >= 15 is 0 Å². The number of aromatic nitrogens is 1. The number of amides is 1. The number of fused-ring (bicyclic) bond motifs is 1. The summed E-state index contributed by atoms with van der Waals surface area (Å²) in [5.41, 5.74) is 2.49. The van der Waals surface area contributed by atoms with Crippen LogP contribution in [0.5, 0.6) is 0 Å². The topological polar surface area (TPSA) is 54.0 Å². The summed E-state index contributed by atoms with van der Waals surface area (Å²) < 4.78 is 0. The van der Waals surface area contributed by atoms with Gasteiger partial charge < -0.3 is 10.6 Å². The fraction of sp³-hybridized carbons (Fsp3) is 0.571. The van der Waals surface area contributed by atoms with Gasteiger partial charge in [-0.15, -0.1) is 0 Å². The third-order valence-corrected chi connectivity index (χ3v) is 3.15. The van der Waals surface area contributed by atoms with E-state index in [1.807, 2.05) is 26.1 Å². The van der Waals surface area contributed by atoms with Gasteiger partial charge in [-0.05, 0) is 38.3 Å². The molecule has 2 rings (SSSR count). The lowest BCUT2D eigenvalue weighted by atomic mass is 10.2. The van der Waals surface area contributed by atoms with E-state index in [0.717, 1.165) is 18.5 Å². The maximum Gasteiger partial charge on any atom is 0.221 e. The average Bonchev–Trinajstić information content (AvgIpc) is 2.72.